The maximum atomic E-state index is 12.6. The van der Waals surface area contributed by atoms with Crippen LogP contribution in [0.5, 0.6) is 17.2 Å². The monoisotopic (exact) mass is 435 g/mol. The topological polar surface area (TPSA) is 93.5 Å². The molecule has 8 heteroatoms. The summed E-state index contributed by atoms with van der Waals surface area (Å²) in [5, 5.41) is 12.6. The SMILES string of the molecule is C=CCOc1ccc(/C=C(\C#N)C(=O)Nc2nc3ccc(OCC)cc3s2)cc1OC. The highest BCUT2D eigenvalue weighted by Gasteiger charge is 2.14. The molecule has 0 aliphatic carbocycles. The molecule has 1 N–H and O–H groups in total. The van der Waals surface area contributed by atoms with E-state index < -0.39 is 5.91 Å². The van der Waals surface area contributed by atoms with Gasteiger partial charge in [0.2, 0.25) is 0 Å². The molecule has 31 heavy (non-hydrogen) atoms. The molecular weight excluding hydrogens is 414 g/mol. The van der Waals surface area contributed by atoms with E-state index in [1.54, 1.807) is 24.3 Å². The molecule has 158 valence electrons. The number of carbonyl (C=O) groups is 1. The van der Waals surface area contributed by atoms with Crippen LogP contribution >= 0.6 is 11.3 Å². The van der Waals surface area contributed by atoms with Gasteiger partial charge in [-0.2, -0.15) is 5.26 Å². The van der Waals surface area contributed by atoms with Crippen LogP contribution in [0.3, 0.4) is 0 Å². The first-order valence-corrected chi connectivity index (χ1v) is 10.3. The molecule has 3 rings (SSSR count). The van der Waals surface area contributed by atoms with Crippen molar-refractivity contribution in [1.29, 1.82) is 5.26 Å². The van der Waals surface area contributed by atoms with Crippen molar-refractivity contribution in [3.63, 3.8) is 0 Å². The van der Waals surface area contributed by atoms with E-state index >= 15 is 0 Å². The van der Waals surface area contributed by atoms with Gasteiger partial charge in [0.25, 0.3) is 5.91 Å². The number of ether oxygens (including phenoxy) is 3. The van der Waals surface area contributed by atoms with Crippen LogP contribution in [0.15, 0.2) is 54.6 Å². The van der Waals surface area contributed by atoms with Crippen LogP contribution in [0, 0.1) is 11.3 Å². The highest BCUT2D eigenvalue weighted by atomic mass is 32.1. The number of nitrogens with zero attached hydrogens (tertiary/aromatic N) is 2. The zero-order valence-electron chi connectivity index (χ0n) is 17.2. The first-order chi connectivity index (χ1) is 15.1. The number of nitrogens with one attached hydrogen (secondary N) is 1. The minimum absolute atomic E-state index is 0.0592. The molecule has 1 heterocycles. The Morgan fingerprint density at radius 1 is 1.26 bits per heavy atom. The summed E-state index contributed by atoms with van der Waals surface area (Å²) < 4.78 is 17.2. The smallest absolute Gasteiger partial charge is 0.268 e. The Balaban J connectivity index is 1.79. The Hall–Kier alpha value is -3.83. The zero-order valence-corrected chi connectivity index (χ0v) is 18.0. The Bertz CT molecular complexity index is 1180. The highest BCUT2D eigenvalue weighted by Crippen LogP contribution is 2.31. The van der Waals surface area contributed by atoms with Crippen LogP contribution in [0.2, 0.25) is 0 Å². The van der Waals surface area contributed by atoms with Crippen molar-refractivity contribution in [1.82, 2.24) is 4.98 Å². The lowest BCUT2D eigenvalue weighted by Gasteiger charge is -2.10. The normalized spacial score (nSPS) is 10.9. The van der Waals surface area contributed by atoms with Crippen LogP contribution in [-0.2, 0) is 4.79 Å². The van der Waals surface area contributed by atoms with E-state index in [-0.39, 0.29) is 5.57 Å². The lowest BCUT2D eigenvalue weighted by Crippen LogP contribution is -2.13. The van der Waals surface area contributed by atoms with Gasteiger partial charge in [0.15, 0.2) is 16.6 Å². The lowest BCUT2D eigenvalue weighted by molar-refractivity contribution is -0.112. The van der Waals surface area contributed by atoms with Gasteiger partial charge >= 0.3 is 0 Å². The average molecular weight is 436 g/mol. The number of hydrogen-bond acceptors (Lipinski definition) is 7. The van der Waals surface area contributed by atoms with E-state index in [1.807, 2.05) is 31.2 Å². The molecule has 7 nitrogen and oxygen atoms in total. The van der Waals surface area contributed by atoms with E-state index in [9.17, 15) is 10.1 Å². The lowest BCUT2D eigenvalue weighted by atomic mass is 10.1. The average Bonchev–Trinajstić information content (AvgIpc) is 3.17. The second kappa shape index (κ2) is 10.3. The van der Waals surface area contributed by atoms with Crippen molar-refractivity contribution < 1.29 is 19.0 Å². The molecule has 0 atom stereocenters. The third kappa shape index (κ3) is 5.41. The van der Waals surface area contributed by atoms with Gasteiger partial charge in [-0.1, -0.05) is 30.1 Å². The minimum Gasteiger partial charge on any atom is -0.494 e. The number of hydrogen-bond donors (Lipinski definition) is 1. The van der Waals surface area contributed by atoms with Gasteiger partial charge in [-0.25, -0.2) is 4.98 Å². The van der Waals surface area contributed by atoms with E-state index in [0.717, 1.165) is 16.0 Å². The Morgan fingerprint density at radius 2 is 2.10 bits per heavy atom. The standard InChI is InChI=1S/C23H21N3O4S/c1-4-10-30-19-9-6-15(12-20(19)28-3)11-16(14-24)22(27)26-23-25-18-8-7-17(29-5-2)13-21(18)31-23/h4,6-9,11-13H,1,5,10H2,2-3H3,(H,25,26,27)/b16-11+. The predicted molar refractivity (Wildman–Crippen MR) is 122 cm³/mol. The molecule has 0 aliphatic heterocycles. The summed E-state index contributed by atoms with van der Waals surface area (Å²) in [6, 6.07) is 12.6. The summed E-state index contributed by atoms with van der Waals surface area (Å²) in [4.78, 5) is 17.0. The fourth-order valence-corrected chi connectivity index (χ4v) is 3.63. The maximum Gasteiger partial charge on any atom is 0.268 e. The highest BCUT2D eigenvalue weighted by molar-refractivity contribution is 7.22. The number of fused-ring (bicyclic) bond motifs is 1. The molecule has 0 saturated carbocycles. The Morgan fingerprint density at radius 3 is 2.81 bits per heavy atom. The number of aromatic nitrogens is 1. The van der Waals surface area contributed by atoms with Gasteiger partial charge in [0.05, 0.1) is 23.9 Å². The molecule has 1 amide bonds. The summed E-state index contributed by atoms with van der Waals surface area (Å²) in [6.45, 7) is 6.43. The van der Waals surface area contributed by atoms with Gasteiger partial charge in [0, 0.05) is 0 Å². The van der Waals surface area contributed by atoms with Crippen molar-refractivity contribution >= 4 is 38.7 Å². The second-order valence-corrected chi connectivity index (χ2v) is 7.25. The van der Waals surface area contributed by atoms with Crippen molar-refractivity contribution in [2.45, 2.75) is 6.92 Å². The number of anilines is 1. The van der Waals surface area contributed by atoms with Crippen LogP contribution in [0.4, 0.5) is 5.13 Å². The third-order valence-corrected chi connectivity index (χ3v) is 5.05. The Labute approximate surface area is 184 Å². The van der Waals surface area contributed by atoms with Crippen molar-refractivity contribution in [3.05, 3.63) is 60.2 Å². The van der Waals surface area contributed by atoms with Gasteiger partial charge in [-0.3, -0.25) is 10.1 Å². The van der Waals surface area contributed by atoms with Gasteiger partial charge < -0.3 is 14.2 Å². The van der Waals surface area contributed by atoms with Crippen molar-refractivity contribution in [2.75, 3.05) is 25.6 Å². The van der Waals surface area contributed by atoms with Crippen molar-refractivity contribution in [3.8, 4) is 23.3 Å². The summed E-state index contributed by atoms with van der Waals surface area (Å²) in [6.07, 6.45) is 3.11. The zero-order chi connectivity index (χ0) is 22.2. The van der Waals surface area contributed by atoms with Crippen LogP contribution < -0.4 is 19.5 Å². The number of rotatable bonds is 9. The third-order valence-electron chi connectivity index (χ3n) is 4.11. The fourth-order valence-electron chi connectivity index (χ4n) is 2.74. The second-order valence-electron chi connectivity index (χ2n) is 6.22. The predicted octanol–water partition coefficient (Wildman–Crippen LogP) is 4.81. The number of thiazole rings is 1. The van der Waals surface area contributed by atoms with Crippen LogP contribution in [0.25, 0.3) is 16.3 Å². The molecular formula is C23H21N3O4S. The number of nitriles is 1. The molecule has 0 fully saturated rings. The molecule has 3 aromatic rings. The van der Waals surface area contributed by atoms with E-state index in [1.165, 1.54) is 24.5 Å². The number of amides is 1. The first kappa shape index (κ1) is 21.9. The first-order valence-electron chi connectivity index (χ1n) is 9.46. The van der Waals surface area contributed by atoms with E-state index in [0.29, 0.717) is 35.4 Å². The van der Waals surface area contributed by atoms with Gasteiger partial charge in [-0.05, 0) is 48.9 Å². The minimum atomic E-state index is -0.544. The van der Waals surface area contributed by atoms with Crippen LogP contribution in [0.1, 0.15) is 12.5 Å². The molecule has 2 aromatic carbocycles. The summed E-state index contributed by atoms with van der Waals surface area (Å²) >= 11 is 1.31. The fraction of sp³-hybridized carbons (Fsp3) is 0.174. The molecule has 1 aromatic heterocycles. The molecule has 0 unspecified atom stereocenters. The number of benzene rings is 2. The van der Waals surface area contributed by atoms with E-state index in [4.69, 9.17) is 14.2 Å². The summed E-state index contributed by atoms with van der Waals surface area (Å²) in [7, 11) is 1.52. The molecule has 0 saturated heterocycles. The van der Waals surface area contributed by atoms with Gasteiger partial charge in [0.1, 0.15) is 24.0 Å². The molecule has 0 spiro atoms. The number of methoxy groups -OCH3 is 1. The largest absolute Gasteiger partial charge is 0.494 e. The molecule has 0 bridgehead atoms. The molecule has 0 aliphatic rings. The van der Waals surface area contributed by atoms with Crippen LogP contribution in [-0.4, -0.2) is 31.2 Å². The summed E-state index contributed by atoms with van der Waals surface area (Å²) in [5.74, 6) is 1.23. The summed E-state index contributed by atoms with van der Waals surface area (Å²) in [5.41, 5.74) is 1.31. The molecule has 0 radical (unpaired) electrons. The van der Waals surface area contributed by atoms with Crippen molar-refractivity contribution in [2.24, 2.45) is 0 Å². The van der Waals surface area contributed by atoms with Gasteiger partial charge in [-0.15, -0.1) is 0 Å². The Kier molecular flexibility index (Phi) is 7.25. The quantitative estimate of drug-likeness (QED) is 0.294. The number of carbonyl (C=O) groups excluding carboxylic acids is 1. The van der Waals surface area contributed by atoms with E-state index in [2.05, 4.69) is 16.9 Å². The maximum absolute atomic E-state index is 12.6.